The Balaban J connectivity index is 1.35. The van der Waals surface area contributed by atoms with Crippen molar-refractivity contribution < 1.29 is 27.8 Å². The zero-order valence-electron chi connectivity index (χ0n) is 19.7. The molecule has 36 heavy (non-hydrogen) atoms. The first kappa shape index (κ1) is 25.5. The van der Waals surface area contributed by atoms with Crippen LogP contribution in [0.3, 0.4) is 0 Å². The van der Waals surface area contributed by atoms with Crippen LogP contribution in [0.5, 0.6) is 11.6 Å². The highest BCUT2D eigenvalue weighted by Crippen LogP contribution is 2.31. The summed E-state index contributed by atoms with van der Waals surface area (Å²) in [5.74, 6) is 0.448. The second-order valence-corrected chi connectivity index (χ2v) is 8.79. The van der Waals surface area contributed by atoms with Crippen LogP contribution in [0.2, 0.25) is 0 Å². The first-order chi connectivity index (χ1) is 17.3. The van der Waals surface area contributed by atoms with Gasteiger partial charge in [0.05, 0.1) is 11.6 Å². The SMILES string of the molecule is O=C(O)N1CCN(CCCCc2ccccc2)CC1c1ccc(Oc2ccc(C(F)(F)F)cn2)cc1. The highest BCUT2D eigenvalue weighted by atomic mass is 19.4. The van der Waals surface area contributed by atoms with Gasteiger partial charge in [-0.15, -0.1) is 0 Å². The van der Waals surface area contributed by atoms with Crippen molar-refractivity contribution in [3.8, 4) is 11.6 Å². The van der Waals surface area contributed by atoms with Gasteiger partial charge in [0, 0.05) is 31.9 Å². The molecule has 4 rings (SSSR count). The summed E-state index contributed by atoms with van der Waals surface area (Å²) in [5.41, 5.74) is 1.31. The number of carboxylic acid groups (broad SMARTS) is 1. The van der Waals surface area contributed by atoms with E-state index in [1.807, 2.05) is 18.2 Å². The number of amides is 1. The van der Waals surface area contributed by atoms with Gasteiger partial charge in [0.25, 0.3) is 0 Å². The maximum atomic E-state index is 12.7. The number of pyridine rings is 1. The van der Waals surface area contributed by atoms with Crippen LogP contribution < -0.4 is 4.74 Å². The Morgan fingerprint density at radius 3 is 2.39 bits per heavy atom. The van der Waals surface area contributed by atoms with E-state index in [4.69, 9.17) is 4.74 Å². The molecule has 1 N–H and O–H groups in total. The van der Waals surface area contributed by atoms with Crippen LogP contribution in [0.1, 0.15) is 35.6 Å². The fraction of sp³-hybridized carbons (Fsp3) is 0.333. The number of aryl methyl sites for hydroxylation is 1. The van der Waals surface area contributed by atoms with Crippen molar-refractivity contribution in [2.75, 3.05) is 26.2 Å². The largest absolute Gasteiger partial charge is 0.465 e. The minimum Gasteiger partial charge on any atom is -0.465 e. The third kappa shape index (κ3) is 6.75. The molecule has 1 unspecified atom stereocenters. The van der Waals surface area contributed by atoms with Gasteiger partial charge >= 0.3 is 12.3 Å². The van der Waals surface area contributed by atoms with Gasteiger partial charge < -0.3 is 9.84 Å². The molecule has 0 radical (unpaired) electrons. The zero-order chi connectivity index (χ0) is 25.5. The van der Waals surface area contributed by atoms with E-state index in [1.165, 1.54) is 16.5 Å². The van der Waals surface area contributed by atoms with Crippen LogP contribution >= 0.6 is 0 Å². The van der Waals surface area contributed by atoms with Crippen molar-refractivity contribution in [2.24, 2.45) is 0 Å². The molecule has 2 heterocycles. The van der Waals surface area contributed by atoms with Crippen LogP contribution in [-0.2, 0) is 12.6 Å². The van der Waals surface area contributed by atoms with Gasteiger partial charge in [-0.05, 0) is 55.1 Å². The highest BCUT2D eigenvalue weighted by molar-refractivity contribution is 5.66. The van der Waals surface area contributed by atoms with Crippen molar-refractivity contribution in [2.45, 2.75) is 31.5 Å². The summed E-state index contributed by atoms with van der Waals surface area (Å²) < 4.78 is 43.7. The molecule has 9 heteroatoms. The molecule has 1 amide bonds. The van der Waals surface area contributed by atoms with Gasteiger partial charge in [-0.1, -0.05) is 42.5 Å². The van der Waals surface area contributed by atoms with Gasteiger partial charge in [0.15, 0.2) is 0 Å². The highest BCUT2D eigenvalue weighted by Gasteiger charge is 2.32. The molecule has 1 aromatic heterocycles. The van der Waals surface area contributed by atoms with E-state index < -0.39 is 17.8 Å². The summed E-state index contributed by atoms with van der Waals surface area (Å²) in [6, 6.07) is 19.0. The third-order valence-electron chi connectivity index (χ3n) is 6.29. The van der Waals surface area contributed by atoms with Crippen LogP contribution in [0.15, 0.2) is 72.9 Å². The predicted molar refractivity (Wildman–Crippen MR) is 129 cm³/mol. The van der Waals surface area contributed by atoms with Crippen molar-refractivity contribution in [1.29, 1.82) is 0 Å². The Morgan fingerprint density at radius 2 is 1.75 bits per heavy atom. The summed E-state index contributed by atoms with van der Waals surface area (Å²) in [4.78, 5) is 19.3. The molecule has 3 aromatic rings. The molecule has 0 bridgehead atoms. The van der Waals surface area contributed by atoms with Crippen molar-refractivity contribution >= 4 is 6.09 Å². The number of carbonyl (C=O) groups is 1. The normalized spacial score (nSPS) is 16.6. The first-order valence-electron chi connectivity index (χ1n) is 11.9. The van der Waals surface area contributed by atoms with Crippen molar-refractivity contribution in [1.82, 2.24) is 14.8 Å². The maximum Gasteiger partial charge on any atom is 0.417 e. The molecule has 1 aliphatic rings. The van der Waals surface area contributed by atoms with Gasteiger partial charge in [0.2, 0.25) is 5.88 Å². The number of hydrogen-bond donors (Lipinski definition) is 1. The summed E-state index contributed by atoms with van der Waals surface area (Å²) in [6.07, 6.45) is -1.57. The third-order valence-corrected chi connectivity index (χ3v) is 6.29. The fourth-order valence-corrected chi connectivity index (χ4v) is 4.35. The quantitative estimate of drug-likeness (QED) is 0.371. The van der Waals surface area contributed by atoms with E-state index >= 15 is 0 Å². The van der Waals surface area contributed by atoms with E-state index in [1.54, 1.807) is 24.3 Å². The molecule has 1 saturated heterocycles. The Morgan fingerprint density at radius 1 is 1.00 bits per heavy atom. The van der Waals surface area contributed by atoms with Crippen LogP contribution in [-0.4, -0.2) is 52.2 Å². The Bertz CT molecular complexity index is 1120. The second kappa shape index (κ2) is 11.4. The molecule has 0 spiro atoms. The van der Waals surface area contributed by atoms with Crippen molar-refractivity contribution in [3.05, 3.63) is 89.6 Å². The number of unbranched alkanes of at least 4 members (excludes halogenated alkanes) is 1. The molecular weight excluding hydrogens is 471 g/mol. The van der Waals surface area contributed by atoms with Gasteiger partial charge in [0.1, 0.15) is 5.75 Å². The summed E-state index contributed by atoms with van der Waals surface area (Å²) in [5, 5.41) is 9.72. The smallest absolute Gasteiger partial charge is 0.417 e. The lowest BCUT2D eigenvalue weighted by molar-refractivity contribution is -0.137. The van der Waals surface area contributed by atoms with Gasteiger partial charge in [-0.2, -0.15) is 13.2 Å². The topological polar surface area (TPSA) is 65.9 Å². The minimum absolute atomic E-state index is 0.0438. The number of ether oxygens (including phenoxy) is 1. The molecule has 2 aromatic carbocycles. The lowest BCUT2D eigenvalue weighted by Crippen LogP contribution is -2.50. The second-order valence-electron chi connectivity index (χ2n) is 8.79. The van der Waals surface area contributed by atoms with Crippen LogP contribution in [0.4, 0.5) is 18.0 Å². The summed E-state index contributed by atoms with van der Waals surface area (Å²) in [6.45, 7) is 2.61. The van der Waals surface area contributed by atoms with Gasteiger partial charge in [-0.25, -0.2) is 9.78 Å². The monoisotopic (exact) mass is 499 g/mol. The van der Waals surface area contributed by atoms with Crippen LogP contribution in [0, 0.1) is 0 Å². The summed E-state index contributed by atoms with van der Waals surface area (Å²) >= 11 is 0. The number of rotatable bonds is 8. The molecular formula is C27H28F3N3O3. The number of alkyl halides is 3. The molecule has 190 valence electrons. The average Bonchev–Trinajstić information content (AvgIpc) is 2.87. The molecule has 0 saturated carbocycles. The summed E-state index contributed by atoms with van der Waals surface area (Å²) in [7, 11) is 0. The standard InChI is InChI=1S/C27H28F3N3O3/c28-27(29,30)22-11-14-25(31-18-22)36-23-12-9-21(10-13-23)24-19-32(16-17-33(24)26(34)35)15-5-4-8-20-6-2-1-3-7-20/h1-3,6-7,9-14,18,24H,4-5,8,15-17,19H2,(H,34,35). The lowest BCUT2D eigenvalue weighted by Gasteiger charge is -2.40. The Labute approximate surface area is 207 Å². The number of halogens is 3. The number of aromatic nitrogens is 1. The fourth-order valence-electron chi connectivity index (χ4n) is 4.35. The van der Waals surface area contributed by atoms with E-state index in [0.717, 1.165) is 43.6 Å². The number of hydrogen-bond acceptors (Lipinski definition) is 4. The molecule has 6 nitrogen and oxygen atoms in total. The maximum absolute atomic E-state index is 12.7. The van der Waals surface area contributed by atoms with E-state index in [0.29, 0.717) is 25.4 Å². The molecule has 1 atom stereocenters. The van der Waals surface area contributed by atoms with E-state index in [2.05, 4.69) is 22.0 Å². The van der Waals surface area contributed by atoms with E-state index in [9.17, 15) is 23.1 Å². The number of benzene rings is 2. The molecule has 1 aliphatic heterocycles. The Hall–Kier alpha value is -3.59. The van der Waals surface area contributed by atoms with Crippen LogP contribution in [0.25, 0.3) is 0 Å². The number of piperazine rings is 1. The van der Waals surface area contributed by atoms with Gasteiger partial charge in [-0.3, -0.25) is 9.80 Å². The number of nitrogens with zero attached hydrogens (tertiary/aromatic N) is 3. The van der Waals surface area contributed by atoms with Crippen molar-refractivity contribution in [3.63, 3.8) is 0 Å². The molecule has 0 aliphatic carbocycles. The first-order valence-corrected chi connectivity index (χ1v) is 11.9. The average molecular weight is 500 g/mol. The van der Waals surface area contributed by atoms with E-state index in [-0.39, 0.29) is 11.9 Å². The predicted octanol–water partition coefficient (Wildman–Crippen LogP) is 6.25. The lowest BCUT2D eigenvalue weighted by atomic mass is 10.0. The minimum atomic E-state index is -4.46. The molecule has 1 fully saturated rings. The zero-order valence-corrected chi connectivity index (χ0v) is 19.7. The Kier molecular flexibility index (Phi) is 8.10.